The standard InChI is InChI=1S/C16H20O6/c1-19-12-8-13(20-2)15(14(9-12)21-3)16(18)22-11-6-4-10(17)5-7-11/h8-9,11H,4-7H2,1-3H3. The van der Waals surface area contributed by atoms with E-state index in [0.717, 1.165) is 0 Å². The van der Waals surface area contributed by atoms with Crippen molar-refractivity contribution in [3.8, 4) is 17.2 Å². The van der Waals surface area contributed by atoms with Gasteiger partial charge in [-0.15, -0.1) is 0 Å². The van der Waals surface area contributed by atoms with Gasteiger partial charge in [-0.3, -0.25) is 4.79 Å². The minimum Gasteiger partial charge on any atom is -0.496 e. The molecule has 0 N–H and O–H groups in total. The van der Waals surface area contributed by atoms with Crippen LogP contribution in [0.5, 0.6) is 17.2 Å². The predicted molar refractivity (Wildman–Crippen MR) is 78.8 cm³/mol. The Kier molecular flexibility index (Phi) is 5.25. The molecule has 0 amide bonds. The van der Waals surface area contributed by atoms with Crippen LogP contribution in [0.2, 0.25) is 0 Å². The number of hydrogen-bond donors (Lipinski definition) is 0. The Balaban J connectivity index is 2.22. The summed E-state index contributed by atoms with van der Waals surface area (Å²) >= 11 is 0. The number of carbonyl (C=O) groups is 2. The third-order valence-corrected chi connectivity index (χ3v) is 3.68. The Hall–Kier alpha value is -2.24. The molecular formula is C16H20O6. The van der Waals surface area contributed by atoms with Crippen molar-refractivity contribution in [2.75, 3.05) is 21.3 Å². The van der Waals surface area contributed by atoms with E-state index in [1.807, 2.05) is 0 Å². The SMILES string of the molecule is COc1cc(OC)c(C(=O)OC2CCC(=O)CC2)c(OC)c1. The van der Waals surface area contributed by atoms with Crippen LogP contribution >= 0.6 is 0 Å². The van der Waals surface area contributed by atoms with Crippen LogP contribution in [0.4, 0.5) is 0 Å². The lowest BCUT2D eigenvalue weighted by molar-refractivity contribution is -0.122. The first kappa shape index (κ1) is 16.1. The minimum absolute atomic E-state index is 0.215. The number of ether oxygens (including phenoxy) is 4. The molecule has 2 rings (SSSR count). The Morgan fingerprint density at radius 3 is 2.00 bits per heavy atom. The summed E-state index contributed by atoms with van der Waals surface area (Å²) in [5.41, 5.74) is 0.225. The first-order valence-electron chi connectivity index (χ1n) is 7.11. The van der Waals surface area contributed by atoms with Crippen LogP contribution < -0.4 is 14.2 Å². The summed E-state index contributed by atoms with van der Waals surface area (Å²) in [5, 5.41) is 0. The van der Waals surface area contributed by atoms with E-state index in [4.69, 9.17) is 18.9 Å². The summed E-state index contributed by atoms with van der Waals surface area (Å²) in [6.07, 6.45) is 1.78. The van der Waals surface area contributed by atoms with Crippen molar-refractivity contribution in [2.24, 2.45) is 0 Å². The number of methoxy groups -OCH3 is 3. The van der Waals surface area contributed by atoms with E-state index in [-0.39, 0.29) is 17.5 Å². The number of carbonyl (C=O) groups excluding carboxylic acids is 2. The quantitative estimate of drug-likeness (QED) is 0.778. The molecule has 22 heavy (non-hydrogen) atoms. The van der Waals surface area contributed by atoms with Gasteiger partial charge in [0.2, 0.25) is 0 Å². The molecule has 0 heterocycles. The largest absolute Gasteiger partial charge is 0.496 e. The van der Waals surface area contributed by atoms with Crippen LogP contribution in [0, 0.1) is 0 Å². The molecule has 120 valence electrons. The van der Waals surface area contributed by atoms with Gasteiger partial charge >= 0.3 is 5.97 Å². The summed E-state index contributed by atoms with van der Waals surface area (Å²) < 4.78 is 21.1. The summed E-state index contributed by atoms with van der Waals surface area (Å²) in [7, 11) is 4.44. The fourth-order valence-corrected chi connectivity index (χ4v) is 2.45. The summed E-state index contributed by atoms with van der Waals surface area (Å²) in [6.45, 7) is 0. The van der Waals surface area contributed by atoms with E-state index in [9.17, 15) is 9.59 Å². The monoisotopic (exact) mass is 308 g/mol. The Bertz CT molecular complexity index is 531. The third kappa shape index (κ3) is 3.50. The topological polar surface area (TPSA) is 71.1 Å². The van der Waals surface area contributed by atoms with Gasteiger partial charge in [0.05, 0.1) is 21.3 Å². The highest BCUT2D eigenvalue weighted by molar-refractivity contribution is 5.96. The summed E-state index contributed by atoms with van der Waals surface area (Å²) in [4.78, 5) is 23.7. The van der Waals surface area contributed by atoms with E-state index >= 15 is 0 Å². The van der Waals surface area contributed by atoms with Gasteiger partial charge in [0.15, 0.2) is 0 Å². The van der Waals surface area contributed by atoms with Crippen molar-refractivity contribution in [2.45, 2.75) is 31.8 Å². The molecule has 1 aliphatic rings. The van der Waals surface area contributed by atoms with Crippen molar-refractivity contribution < 1.29 is 28.5 Å². The molecule has 1 aromatic rings. The van der Waals surface area contributed by atoms with Crippen LogP contribution in [0.15, 0.2) is 12.1 Å². The molecule has 0 saturated heterocycles. The van der Waals surface area contributed by atoms with Crippen molar-refractivity contribution >= 4 is 11.8 Å². The van der Waals surface area contributed by atoms with E-state index < -0.39 is 5.97 Å². The van der Waals surface area contributed by atoms with Gasteiger partial charge in [0.25, 0.3) is 0 Å². The molecule has 1 saturated carbocycles. The van der Waals surface area contributed by atoms with E-state index in [0.29, 0.717) is 42.9 Å². The fourth-order valence-electron chi connectivity index (χ4n) is 2.45. The second kappa shape index (κ2) is 7.15. The zero-order valence-corrected chi connectivity index (χ0v) is 13.0. The fraction of sp³-hybridized carbons (Fsp3) is 0.500. The summed E-state index contributed by atoms with van der Waals surface area (Å²) in [6, 6.07) is 3.20. The van der Waals surface area contributed by atoms with E-state index in [1.165, 1.54) is 21.3 Å². The van der Waals surface area contributed by atoms with Gasteiger partial charge < -0.3 is 18.9 Å². The Morgan fingerprint density at radius 2 is 1.55 bits per heavy atom. The molecule has 0 radical (unpaired) electrons. The predicted octanol–water partition coefficient (Wildman–Crippen LogP) is 2.38. The van der Waals surface area contributed by atoms with Crippen LogP contribution in [0.1, 0.15) is 36.0 Å². The molecule has 0 unspecified atom stereocenters. The Morgan fingerprint density at radius 1 is 1.00 bits per heavy atom. The maximum atomic E-state index is 12.4. The number of ketones is 1. The number of benzene rings is 1. The van der Waals surface area contributed by atoms with Crippen molar-refractivity contribution in [1.82, 2.24) is 0 Å². The molecule has 1 aliphatic carbocycles. The van der Waals surface area contributed by atoms with Crippen molar-refractivity contribution in [3.63, 3.8) is 0 Å². The number of hydrogen-bond acceptors (Lipinski definition) is 6. The molecule has 0 bridgehead atoms. The van der Waals surface area contributed by atoms with Crippen molar-refractivity contribution in [1.29, 1.82) is 0 Å². The first-order valence-corrected chi connectivity index (χ1v) is 7.11. The highest BCUT2D eigenvalue weighted by Crippen LogP contribution is 2.35. The van der Waals surface area contributed by atoms with Crippen LogP contribution in [0.3, 0.4) is 0 Å². The zero-order chi connectivity index (χ0) is 16.1. The molecule has 0 aliphatic heterocycles. The van der Waals surface area contributed by atoms with Gasteiger partial charge in [0, 0.05) is 25.0 Å². The lowest BCUT2D eigenvalue weighted by atomic mass is 9.96. The summed E-state index contributed by atoms with van der Waals surface area (Å²) in [5.74, 6) is 0.872. The molecule has 6 nitrogen and oxygen atoms in total. The van der Waals surface area contributed by atoms with Gasteiger partial charge in [-0.25, -0.2) is 4.79 Å². The maximum Gasteiger partial charge on any atom is 0.346 e. The molecule has 6 heteroatoms. The van der Waals surface area contributed by atoms with Gasteiger partial charge in [-0.05, 0) is 12.8 Å². The van der Waals surface area contributed by atoms with Crippen molar-refractivity contribution in [3.05, 3.63) is 17.7 Å². The normalized spacial score (nSPS) is 15.3. The molecule has 1 fully saturated rings. The highest BCUT2D eigenvalue weighted by Gasteiger charge is 2.27. The molecule has 0 atom stereocenters. The van der Waals surface area contributed by atoms with Gasteiger partial charge in [-0.2, -0.15) is 0 Å². The van der Waals surface area contributed by atoms with Crippen LogP contribution in [0.25, 0.3) is 0 Å². The molecule has 0 spiro atoms. The molecule has 1 aromatic carbocycles. The second-order valence-electron chi connectivity index (χ2n) is 5.05. The average molecular weight is 308 g/mol. The lowest BCUT2D eigenvalue weighted by Crippen LogP contribution is -2.25. The Labute approximate surface area is 129 Å². The van der Waals surface area contributed by atoms with Gasteiger partial charge in [0.1, 0.15) is 34.7 Å². The number of esters is 1. The van der Waals surface area contributed by atoms with E-state index in [2.05, 4.69) is 0 Å². The molecule has 0 aromatic heterocycles. The minimum atomic E-state index is -0.518. The first-order chi connectivity index (χ1) is 10.6. The maximum absolute atomic E-state index is 12.4. The molecular weight excluding hydrogens is 288 g/mol. The average Bonchev–Trinajstić information content (AvgIpc) is 2.55. The van der Waals surface area contributed by atoms with Gasteiger partial charge in [-0.1, -0.05) is 0 Å². The second-order valence-corrected chi connectivity index (χ2v) is 5.05. The van der Waals surface area contributed by atoms with Crippen LogP contribution in [-0.2, 0) is 9.53 Å². The number of Topliss-reactive ketones (excluding diaryl/α,β-unsaturated/α-hetero) is 1. The number of rotatable bonds is 5. The van der Waals surface area contributed by atoms with E-state index in [1.54, 1.807) is 12.1 Å². The third-order valence-electron chi connectivity index (χ3n) is 3.68. The smallest absolute Gasteiger partial charge is 0.346 e. The van der Waals surface area contributed by atoms with Crippen LogP contribution in [-0.4, -0.2) is 39.2 Å². The highest BCUT2D eigenvalue weighted by atomic mass is 16.5. The lowest BCUT2D eigenvalue weighted by Gasteiger charge is -2.22. The zero-order valence-electron chi connectivity index (χ0n) is 13.0.